The van der Waals surface area contributed by atoms with Crippen molar-refractivity contribution in [2.24, 2.45) is 11.5 Å². The van der Waals surface area contributed by atoms with Gasteiger partial charge in [0.15, 0.2) is 0 Å². The van der Waals surface area contributed by atoms with Crippen molar-refractivity contribution < 1.29 is 24.3 Å². The summed E-state index contributed by atoms with van der Waals surface area (Å²) in [5, 5.41) is 13.1. The van der Waals surface area contributed by atoms with E-state index in [0.717, 1.165) is 0 Å². The highest BCUT2D eigenvalue weighted by Crippen LogP contribution is 1.98. The van der Waals surface area contributed by atoms with E-state index in [1.165, 1.54) is 6.92 Å². The van der Waals surface area contributed by atoms with E-state index in [-0.39, 0.29) is 19.4 Å². The van der Waals surface area contributed by atoms with Crippen LogP contribution < -0.4 is 22.1 Å². The van der Waals surface area contributed by atoms with Gasteiger partial charge in [0.2, 0.25) is 17.7 Å². The molecule has 0 radical (unpaired) electrons. The lowest BCUT2D eigenvalue weighted by atomic mass is 10.1. The first-order chi connectivity index (χ1) is 8.77. The number of carbonyl (C=O) groups excluding carboxylic acids is 3. The van der Waals surface area contributed by atoms with Crippen molar-refractivity contribution in [3.05, 3.63) is 0 Å². The number of nitrogens with two attached hydrogens (primary N) is 2. The molecule has 0 unspecified atom stereocenters. The van der Waals surface area contributed by atoms with Crippen molar-refractivity contribution in [2.75, 3.05) is 6.54 Å². The van der Waals surface area contributed by atoms with Crippen LogP contribution in [0.2, 0.25) is 0 Å². The molecule has 0 aromatic carbocycles. The molecule has 0 rings (SSSR count). The van der Waals surface area contributed by atoms with Crippen LogP contribution in [0.1, 0.15) is 19.8 Å². The summed E-state index contributed by atoms with van der Waals surface area (Å²) >= 11 is 0. The highest BCUT2D eigenvalue weighted by atomic mass is 16.4. The second-order valence-electron chi connectivity index (χ2n) is 3.90. The Bertz CT molecular complexity index is 371. The van der Waals surface area contributed by atoms with Crippen LogP contribution in [0.4, 0.5) is 0 Å². The molecule has 9 heteroatoms. The normalized spacial score (nSPS) is 13.2. The third-order valence-corrected chi connectivity index (χ3v) is 2.25. The topological polar surface area (TPSA) is 165 Å². The third-order valence-electron chi connectivity index (χ3n) is 2.25. The van der Waals surface area contributed by atoms with Gasteiger partial charge in [-0.1, -0.05) is 0 Å². The summed E-state index contributed by atoms with van der Waals surface area (Å²) in [6, 6.07) is -2.16. The first-order valence-electron chi connectivity index (χ1n) is 5.58. The third kappa shape index (κ3) is 6.99. The van der Waals surface area contributed by atoms with Gasteiger partial charge >= 0.3 is 5.97 Å². The standard InChI is InChI=1S/C10H18N4O5/c1-5(10(18)19)13-9(17)6(2-3-7(12)15)14-8(16)4-11/h5-6H,2-4,11H2,1H3,(H2,12,15)(H,13,17)(H,14,16)(H,18,19)/t5-,6-/m0/s1. The lowest BCUT2D eigenvalue weighted by molar-refractivity contribution is -0.141. The van der Waals surface area contributed by atoms with Crippen molar-refractivity contribution in [2.45, 2.75) is 31.8 Å². The molecule has 19 heavy (non-hydrogen) atoms. The average molecular weight is 274 g/mol. The lowest BCUT2D eigenvalue weighted by Crippen LogP contribution is -2.52. The van der Waals surface area contributed by atoms with Gasteiger partial charge in [-0.05, 0) is 13.3 Å². The number of amides is 3. The van der Waals surface area contributed by atoms with E-state index in [1.807, 2.05) is 0 Å². The Labute approximate surface area is 109 Å². The molecule has 0 saturated heterocycles. The SMILES string of the molecule is C[C@H](NC(=O)[C@H](CCC(N)=O)NC(=O)CN)C(=O)O. The summed E-state index contributed by atoms with van der Waals surface area (Å²) < 4.78 is 0. The van der Waals surface area contributed by atoms with E-state index < -0.39 is 35.8 Å². The predicted octanol–water partition coefficient (Wildman–Crippen LogP) is -2.72. The van der Waals surface area contributed by atoms with Gasteiger partial charge in [0.1, 0.15) is 12.1 Å². The first-order valence-corrected chi connectivity index (χ1v) is 5.58. The highest BCUT2D eigenvalue weighted by molar-refractivity contribution is 5.91. The van der Waals surface area contributed by atoms with Gasteiger partial charge in [-0.3, -0.25) is 19.2 Å². The Hall–Kier alpha value is -2.16. The molecule has 3 amide bonds. The van der Waals surface area contributed by atoms with Crippen LogP contribution >= 0.6 is 0 Å². The number of carboxylic acids is 1. The molecule has 0 heterocycles. The summed E-state index contributed by atoms with van der Waals surface area (Å²) in [6.45, 7) is 0.949. The summed E-state index contributed by atoms with van der Waals surface area (Å²) in [5.74, 6) is -3.15. The van der Waals surface area contributed by atoms with Crippen LogP contribution in [0.25, 0.3) is 0 Å². The maximum atomic E-state index is 11.7. The van der Waals surface area contributed by atoms with E-state index in [4.69, 9.17) is 16.6 Å². The second kappa shape index (κ2) is 8.03. The Kier molecular flexibility index (Phi) is 7.12. The van der Waals surface area contributed by atoms with E-state index in [1.54, 1.807) is 0 Å². The molecular formula is C10H18N4O5. The minimum Gasteiger partial charge on any atom is -0.480 e. The van der Waals surface area contributed by atoms with Gasteiger partial charge in [0, 0.05) is 6.42 Å². The van der Waals surface area contributed by atoms with Crippen LogP contribution in [0, 0.1) is 0 Å². The number of aliphatic carboxylic acids is 1. The van der Waals surface area contributed by atoms with E-state index in [2.05, 4.69) is 10.6 Å². The molecule has 0 bridgehead atoms. The number of hydrogen-bond donors (Lipinski definition) is 5. The average Bonchev–Trinajstić information content (AvgIpc) is 2.33. The van der Waals surface area contributed by atoms with Crippen LogP contribution in [0.15, 0.2) is 0 Å². The molecule has 0 spiro atoms. The maximum Gasteiger partial charge on any atom is 0.325 e. The number of carboxylic acid groups (broad SMARTS) is 1. The molecule has 0 saturated carbocycles. The number of rotatable bonds is 8. The van der Waals surface area contributed by atoms with Crippen molar-refractivity contribution in [1.82, 2.24) is 10.6 Å². The number of hydrogen-bond acceptors (Lipinski definition) is 5. The zero-order valence-corrected chi connectivity index (χ0v) is 10.5. The van der Waals surface area contributed by atoms with Crippen LogP contribution in [-0.2, 0) is 19.2 Å². The molecule has 2 atom stereocenters. The Morgan fingerprint density at radius 3 is 2.21 bits per heavy atom. The summed E-state index contributed by atoms with van der Waals surface area (Å²) in [6.07, 6.45) is -0.149. The maximum absolute atomic E-state index is 11.7. The minimum absolute atomic E-state index is 0.0285. The molecule has 0 aliphatic carbocycles. The van der Waals surface area contributed by atoms with Crippen molar-refractivity contribution >= 4 is 23.7 Å². The highest BCUT2D eigenvalue weighted by Gasteiger charge is 2.24. The zero-order chi connectivity index (χ0) is 15.0. The van der Waals surface area contributed by atoms with Gasteiger partial charge in [0.25, 0.3) is 0 Å². The number of primary amides is 1. The van der Waals surface area contributed by atoms with Gasteiger partial charge in [-0.15, -0.1) is 0 Å². The molecule has 108 valence electrons. The fraction of sp³-hybridized carbons (Fsp3) is 0.600. The number of carbonyl (C=O) groups is 4. The monoisotopic (exact) mass is 274 g/mol. The Morgan fingerprint density at radius 1 is 1.21 bits per heavy atom. The molecular weight excluding hydrogens is 256 g/mol. The van der Waals surface area contributed by atoms with E-state index in [9.17, 15) is 19.2 Å². The van der Waals surface area contributed by atoms with Crippen molar-refractivity contribution in [1.29, 1.82) is 0 Å². The fourth-order valence-electron chi connectivity index (χ4n) is 1.18. The predicted molar refractivity (Wildman–Crippen MR) is 64.7 cm³/mol. The molecule has 7 N–H and O–H groups in total. The zero-order valence-electron chi connectivity index (χ0n) is 10.5. The molecule has 0 aromatic rings. The summed E-state index contributed by atoms with van der Waals surface area (Å²) in [4.78, 5) is 44.2. The summed E-state index contributed by atoms with van der Waals surface area (Å²) in [7, 11) is 0. The van der Waals surface area contributed by atoms with E-state index >= 15 is 0 Å². The molecule has 0 fully saturated rings. The quantitative estimate of drug-likeness (QED) is 0.322. The van der Waals surface area contributed by atoms with E-state index in [0.29, 0.717) is 0 Å². The number of nitrogens with one attached hydrogen (secondary N) is 2. The minimum atomic E-state index is -1.22. The summed E-state index contributed by atoms with van der Waals surface area (Å²) in [5.41, 5.74) is 10.0. The lowest BCUT2D eigenvalue weighted by Gasteiger charge is -2.19. The van der Waals surface area contributed by atoms with Gasteiger partial charge < -0.3 is 27.2 Å². The van der Waals surface area contributed by atoms with Crippen molar-refractivity contribution in [3.63, 3.8) is 0 Å². The first kappa shape index (κ1) is 16.8. The smallest absolute Gasteiger partial charge is 0.325 e. The molecule has 0 aliphatic heterocycles. The fourth-order valence-corrected chi connectivity index (χ4v) is 1.18. The van der Waals surface area contributed by atoms with Gasteiger partial charge in [-0.2, -0.15) is 0 Å². The second-order valence-corrected chi connectivity index (χ2v) is 3.90. The van der Waals surface area contributed by atoms with Crippen LogP contribution in [0.5, 0.6) is 0 Å². The van der Waals surface area contributed by atoms with Crippen molar-refractivity contribution in [3.8, 4) is 0 Å². The largest absolute Gasteiger partial charge is 0.480 e. The van der Waals surface area contributed by atoms with Gasteiger partial charge in [-0.25, -0.2) is 0 Å². The molecule has 0 aliphatic rings. The Morgan fingerprint density at radius 2 is 1.79 bits per heavy atom. The Balaban J connectivity index is 4.61. The van der Waals surface area contributed by atoms with Gasteiger partial charge in [0.05, 0.1) is 6.54 Å². The molecule has 0 aromatic heterocycles. The van der Waals surface area contributed by atoms with Crippen LogP contribution in [-0.4, -0.2) is 47.4 Å². The molecule has 9 nitrogen and oxygen atoms in total. The van der Waals surface area contributed by atoms with Crippen LogP contribution in [0.3, 0.4) is 0 Å².